The van der Waals surface area contributed by atoms with Crippen LogP contribution in [0.1, 0.15) is 75.2 Å². The second-order valence-electron chi connectivity index (χ2n) is 14.5. The molecule has 3 rings (SSSR count). The molecule has 3 atom stereocenters. The van der Waals surface area contributed by atoms with E-state index in [1.807, 2.05) is 60.7 Å². The summed E-state index contributed by atoms with van der Waals surface area (Å²) in [4.78, 5) is 0. The first-order valence-corrected chi connectivity index (χ1v) is 29.7. The van der Waals surface area contributed by atoms with Crippen LogP contribution in [-0.4, -0.2) is 62.6 Å². The van der Waals surface area contributed by atoms with Crippen molar-refractivity contribution in [3.05, 3.63) is 84.5 Å². The minimum atomic E-state index is -2.96. The SMILES string of the molecule is C=C1/C(=C\CP(=O)(c2ccccc2)c2ccccc2)C[C@@H](O[Si](CC)(CC)CC)[C@@H](OCCCO[Si](CC)(CC)CC)[C@@H]1O[Si](CC)(CC)CC. The molecule has 0 radical (unpaired) electrons. The second kappa shape index (κ2) is 20.9. The molecule has 1 saturated carbocycles. The van der Waals surface area contributed by atoms with E-state index >= 15 is 4.57 Å². The zero-order chi connectivity index (χ0) is 37.5. The summed E-state index contributed by atoms with van der Waals surface area (Å²) in [6, 6.07) is 29.8. The van der Waals surface area contributed by atoms with Crippen molar-refractivity contribution >= 4 is 42.7 Å². The average Bonchev–Trinajstić information content (AvgIpc) is 3.19. The lowest BCUT2D eigenvalue weighted by Crippen LogP contribution is -2.56. The Bertz CT molecular complexity index is 1320. The molecule has 2 aromatic carbocycles. The van der Waals surface area contributed by atoms with Crippen LogP contribution < -0.4 is 10.6 Å². The number of hydrogen-bond donors (Lipinski definition) is 0. The van der Waals surface area contributed by atoms with Gasteiger partial charge in [0.25, 0.3) is 0 Å². The molecule has 51 heavy (non-hydrogen) atoms. The third-order valence-electron chi connectivity index (χ3n) is 12.4. The lowest BCUT2D eigenvalue weighted by molar-refractivity contribution is -0.0871. The van der Waals surface area contributed by atoms with Crippen molar-refractivity contribution in [2.45, 2.75) is 148 Å². The van der Waals surface area contributed by atoms with Crippen LogP contribution in [-0.2, 0) is 22.6 Å². The van der Waals surface area contributed by atoms with Crippen molar-refractivity contribution in [1.82, 2.24) is 0 Å². The Kier molecular flexibility index (Phi) is 18.1. The summed E-state index contributed by atoms with van der Waals surface area (Å²) in [5.41, 5.74) is 2.09. The van der Waals surface area contributed by atoms with Gasteiger partial charge in [0.1, 0.15) is 13.2 Å². The first-order valence-electron chi connectivity index (χ1n) is 20.2. The van der Waals surface area contributed by atoms with Gasteiger partial charge >= 0.3 is 0 Å². The summed E-state index contributed by atoms with van der Waals surface area (Å²) in [5.74, 6) is 0. The van der Waals surface area contributed by atoms with Gasteiger partial charge in [-0.15, -0.1) is 0 Å². The van der Waals surface area contributed by atoms with Crippen molar-refractivity contribution in [3.8, 4) is 0 Å². The topological polar surface area (TPSA) is 54.0 Å². The molecule has 9 heteroatoms. The van der Waals surface area contributed by atoms with Crippen molar-refractivity contribution < 1.29 is 22.6 Å². The molecule has 0 N–H and O–H groups in total. The molecular formula is C42H71O5PSi3. The Balaban J connectivity index is 2.07. The molecule has 0 aromatic heterocycles. The van der Waals surface area contributed by atoms with Crippen LogP contribution in [0, 0.1) is 0 Å². The number of hydrogen-bond acceptors (Lipinski definition) is 5. The fraction of sp³-hybridized carbons (Fsp3) is 0.619. The molecule has 286 valence electrons. The van der Waals surface area contributed by atoms with Crippen molar-refractivity contribution in [1.29, 1.82) is 0 Å². The predicted octanol–water partition coefficient (Wildman–Crippen LogP) is 11.5. The molecule has 0 unspecified atom stereocenters. The van der Waals surface area contributed by atoms with Crippen LogP contribution in [0.4, 0.5) is 0 Å². The average molecular weight is 771 g/mol. The molecule has 0 heterocycles. The Hall–Kier alpha value is -1.36. The first-order chi connectivity index (χ1) is 24.5. The second-order valence-corrected chi connectivity index (χ2v) is 31.6. The van der Waals surface area contributed by atoms with E-state index in [0.717, 1.165) is 89.2 Å². The lowest BCUT2D eigenvalue weighted by Gasteiger charge is -2.47. The highest BCUT2D eigenvalue weighted by Gasteiger charge is 2.47. The quantitative estimate of drug-likeness (QED) is 0.0640. The molecule has 5 nitrogen and oxygen atoms in total. The summed E-state index contributed by atoms with van der Waals surface area (Å²) < 4.78 is 43.5. The molecule has 0 spiro atoms. The molecule has 0 bridgehead atoms. The summed E-state index contributed by atoms with van der Waals surface area (Å²) in [6.45, 7) is 26.7. The maximum atomic E-state index is 15.1. The van der Waals surface area contributed by atoms with Gasteiger partial charge in [0.05, 0.1) is 12.2 Å². The van der Waals surface area contributed by atoms with Crippen LogP contribution >= 0.6 is 7.14 Å². The standard InChI is InChI=1S/C42H71O5PSi3/c1-11-49(12-2,13-3)45-33-26-32-44-42-40(46-50(14-4,15-5)16-6)35-37(36(10)41(42)47-51(17-7,18-8)19-9)31-34-48(43,38-27-22-20-23-28-38)39-29-24-21-25-30-39/h20-25,27-31,40-42H,10-19,26,32-35H2,1-9H3/b37-31-/t40-,41-,42-/m1/s1. The predicted molar refractivity (Wildman–Crippen MR) is 228 cm³/mol. The van der Waals surface area contributed by atoms with Gasteiger partial charge in [0.2, 0.25) is 0 Å². The van der Waals surface area contributed by atoms with Crippen LogP contribution in [0.5, 0.6) is 0 Å². The van der Waals surface area contributed by atoms with Gasteiger partial charge in [-0.3, -0.25) is 0 Å². The van der Waals surface area contributed by atoms with Gasteiger partial charge < -0.3 is 22.6 Å². The van der Waals surface area contributed by atoms with Crippen molar-refractivity contribution in [2.75, 3.05) is 19.4 Å². The highest BCUT2D eigenvalue weighted by molar-refractivity contribution is 7.78. The fourth-order valence-electron chi connectivity index (χ4n) is 7.85. The van der Waals surface area contributed by atoms with Gasteiger partial charge in [-0.2, -0.15) is 0 Å². The van der Waals surface area contributed by atoms with Crippen LogP contribution in [0.3, 0.4) is 0 Å². The Morgan fingerprint density at radius 3 is 1.57 bits per heavy atom. The summed E-state index contributed by atoms with van der Waals surface area (Å²) in [6.07, 6.45) is 3.48. The van der Waals surface area contributed by atoms with E-state index in [1.165, 1.54) is 0 Å². The third-order valence-corrected chi connectivity index (χ3v) is 29.3. The largest absolute Gasteiger partial charge is 0.417 e. The summed E-state index contributed by atoms with van der Waals surface area (Å²) >= 11 is 0. The summed E-state index contributed by atoms with van der Waals surface area (Å²) in [7, 11) is -8.72. The Labute approximate surface area is 315 Å². The molecule has 0 aliphatic heterocycles. The smallest absolute Gasteiger partial charge is 0.193 e. The fourth-order valence-corrected chi connectivity index (χ4v) is 18.7. The summed E-state index contributed by atoms with van der Waals surface area (Å²) in [5, 5.41) is 1.76. The number of ether oxygens (including phenoxy) is 1. The molecule has 2 aromatic rings. The Morgan fingerprint density at radius 2 is 1.12 bits per heavy atom. The molecular weight excluding hydrogens is 700 g/mol. The first kappa shape index (κ1) is 44.0. The van der Waals surface area contributed by atoms with Crippen LogP contribution in [0.25, 0.3) is 0 Å². The number of rotatable bonds is 23. The monoisotopic (exact) mass is 770 g/mol. The van der Waals surface area contributed by atoms with Gasteiger partial charge in [-0.1, -0.05) is 136 Å². The highest BCUT2D eigenvalue weighted by atomic mass is 31.2. The van der Waals surface area contributed by atoms with Gasteiger partial charge in [-0.25, -0.2) is 0 Å². The van der Waals surface area contributed by atoms with Crippen molar-refractivity contribution in [3.63, 3.8) is 0 Å². The van der Waals surface area contributed by atoms with E-state index in [2.05, 4.69) is 68.4 Å². The Morgan fingerprint density at radius 1 is 0.667 bits per heavy atom. The molecule has 1 fully saturated rings. The highest BCUT2D eigenvalue weighted by Crippen LogP contribution is 2.46. The normalized spacial score (nSPS) is 19.9. The molecule has 0 amide bonds. The third kappa shape index (κ3) is 10.9. The van der Waals surface area contributed by atoms with Gasteiger partial charge in [-0.05, 0) is 72.0 Å². The lowest BCUT2D eigenvalue weighted by atomic mass is 9.84. The molecule has 0 saturated heterocycles. The van der Waals surface area contributed by atoms with E-state index in [0.29, 0.717) is 19.2 Å². The zero-order valence-corrected chi connectivity index (χ0v) is 37.6. The number of allylic oxidation sites excluding steroid dienone is 1. The van der Waals surface area contributed by atoms with E-state index in [-0.39, 0.29) is 18.3 Å². The van der Waals surface area contributed by atoms with E-state index in [9.17, 15) is 0 Å². The van der Waals surface area contributed by atoms with Gasteiger partial charge in [0.15, 0.2) is 25.0 Å². The molecule has 1 aliphatic rings. The minimum absolute atomic E-state index is 0.153. The maximum absolute atomic E-state index is 15.1. The van der Waals surface area contributed by atoms with E-state index in [1.54, 1.807) is 0 Å². The van der Waals surface area contributed by atoms with E-state index in [4.69, 9.17) is 24.6 Å². The minimum Gasteiger partial charge on any atom is -0.417 e. The number of benzene rings is 2. The van der Waals surface area contributed by atoms with Crippen LogP contribution in [0.2, 0.25) is 54.4 Å². The molecule has 1 aliphatic carbocycles. The van der Waals surface area contributed by atoms with Gasteiger partial charge in [0, 0.05) is 36.4 Å². The zero-order valence-electron chi connectivity index (χ0n) is 33.7. The maximum Gasteiger partial charge on any atom is 0.193 e. The van der Waals surface area contributed by atoms with Crippen LogP contribution in [0.15, 0.2) is 84.5 Å². The van der Waals surface area contributed by atoms with E-state index < -0.39 is 32.1 Å². The van der Waals surface area contributed by atoms with Crippen molar-refractivity contribution in [2.24, 2.45) is 0 Å².